The molecule has 0 amide bonds. The minimum Gasteiger partial charge on any atom is -0.468 e. The summed E-state index contributed by atoms with van der Waals surface area (Å²) < 4.78 is 23.7. The second kappa shape index (κ2) is 6.83. The van der Waals surface area contributed by atoms with Gasteiger partial charge in [0.15, 0.2) is 0 Å². The van der Waals surface area contributed by atoms with E-state index in [1.54, 1.807) is 6.07 Å². The van der Waals surface area contributed by atoms with E-state index in [4.69, 9.17) is 9.47 Å². The molecular weight excluding hydrogens is 365 g/mol. The summed E-state index contributed by atoms with van der Waals surface area (Å²) in [7, 11) is 1.23. The lowest BCUT2D eigenvalue weighted by molar-refractivity contribution is -0.160. The van der Waals surface area contributed by atoms with Gasteiger partial charge >= 0.3 is 17.9 Å². The first-order valence-corrected chi connectivity index (χ1v) is 8.87. The number of cyclic esters (lactones) is 2. The maximum atomic E-state index is 13.8. The lowest BCUT2D eigenvalue weighted by Crippen LogP contribution is -2.56. The molecule has 144 valence electrons. The van der Waals surface area contributed by atoms with Gasteiger partial charge in [0.2, 0.25) is 0 Å². The zero-order chi connectivity index (χ0) is 19.9. The van der Waals surface area contributed by atoms with Gasteiger partial charge in [0, 0.05) is 12.5 Å². The molecule has 2 aliphatic heterocycles. The van der Waals surface area contributed by atoms with Crippen molar-refractivity contribution in [3.8, 4) is 0 Å². The van der Waals surface area contributed by atoms with Crippen LogP contribution in [0.25, 0.3) is 0 Å². The third-order valence-electron chi connectivity index (χ3n) is 5.47. The maximum Gasteiger partial charge on any atom is 0.327 e. The van der Waals surface area contributed by atoms with Crippen molar-refractivity contribution in [1.82, 2.24) is 5.32 Å². The monoisotopic (exact) mass is 383 g/mol. The number of hydrogen-bond donors (Lipinski definition) is 1. The number of hydrogen-bond acceptors (Lipinski definition) is 6. The van der Waals surface area contributed by atoms with Crippen LogP contribution in [-0.2, 0) is 30.3 Å². The number of ether oxygens (including phenoxy) is 2. The summed E-state index contributed by atoms with van der Waals surface area (Å²) in [5.41, 5.74) is -0.257. The molecule has 2 aromatic rings. The van der Waals surface area contributed by atoms with Gasteiger partial charge in [-0.25, -0.2) is 4.39 Å². The molecule has 0 aromatic heterocycles. The molecule has 4 rings (SSSR count). The fourth-order valence-electron chi connectivity index (χ4n) is 4.32. The van der Waals surface area contributed by atoms with E-state index >= 15 is 0 Å². The second-order valence-corrected chi connectivity index (χ2v) is 7.05. The van der Waals surface area contributed by atoms with Crippen LogP contribution in [0.2, 0.25) is 0 Å². The average Bonchev–Trinajstić information content (AvgIpc) is 3.19. The number of methoxy groups -OCH3 is 1. The molecule has 6 nitrogen and oxygen atoms in total. The largest absolute Gasteiger partial charge is 0.468 e. The predicted molar refractivity (Wildman–Crippen MR) is 95.2 cm³/mol. The predicted octanol–water partition coefficient (Wildman–Crippen LogP) is 1.94. The summed E-state index contributed by atoms with van der Waals surface area (Å²) in [6.45, 7) is 0. The Balaban J connectivity index is 1.84. The van der Waals surface area contributed by atoms with Crippen molar-refractivity contribution >= 4 is 17.9 Å². The molecule has 2 heterocycles. The number of fused-ring (bicyclic) bond motifs is 1. The number of esters is 3. The van der Waals surface area contributed by atoms with Crippen molar-refractivity contribution in [1.29, 1.82) is 0 Å². The molecule has 4 atom stereocenters. The molecule has 0 radical (unpaired) electrons. The summed E-state index contributed by atoms with van der Waals surface area (Å²) in [6.07, 6.45) is 0.121. The highest BCUT2D eigenvalue weighted by Crippen LogP contribution is 2.49. The van der Waals surface area contributed by atoms with Crippen LogP contribution in [-0.4, -0.2) is 30.6 Å². The van der Waals surface area contributed by atoms with E-state index in [9.17, 15) is 18.8 Å². The lowest BCUT2D eigenvalue weighted by Gasteiger charge is -2.31. The van der Waals surface area contributed by atoms with Crippen molar-refractivity contribution < 1.29 is 28.2 Å². The van der Waals surface area contributed by atoms with E-state index in [1.165, 1.54) is 25.3 Å². The fraction of sp³-hybridized carbons (Fsp3) is 0.286. The number of rotatable bonds is 4. The molecule has 0 unspecified atom stereocenters. The average molecular weight is 383 g/mol. The number of nitrogens with one attached hydrogen (secondary N) is 1. The van der Waals surface area contributed by atoms with Crippen LogP contribution in [0.1, 0.15) is 17.2 Å². The third kappa shape index (κ3) is 2.79. The zero-order valence-electron chi connectivity index (χ0n) is 15.1. The number of carbonyl (C=O) groups is 3. The summed E-state index contributed by atoms with van der Waals surface area (Å²) in [4.78, 5) is 37.9. The van der Waals surface area contributed by atoms with Gasteiger partial charge in [0.25, 0.3) is 0 Å². The Morgan fingerprint density at radius 2 is 1.89 bits per heavy atom. The Bertz CT molecular complexity index is 947. The summed E-state index contributed by atoms with van der Waals surface area (Å²) >= 11 is 0. The fourth-order valence-corrected chi connectivity index (χ4v) is 4.32. The van der Waals surface area contributed by atoms with Gasteiger partial charge < -0.3 is 9.47 Å². The van der Waals surface area contributed by atoms with Crippen molar-refractivity contribution in [2.75, 3.05) is 7.11 Å². The first-order valence-electron chi connectivity index (χ1n) is 8.87. The quantitative estimate of drug-likeness (QED) is 0.642. The molecule has 28 heavy (non-hydrogen) atoms. The van der Waals surface area contributed by atoms with Crippen LogP contribution >= 0.6 is 0 Å². The van der Waals surface area contributed by atoms with Crippen molar-refractivity contribution in [2.24, 2.45) is 11.8 Å². The van der Waals surface area contributed by atoms with Gasteiger partial charge in [-0.1, -0.05) is 42.5 Å². The first kappa shape index (κ1) is 18.3. The van der Waals surface area contributed by atoms with Crippen LogP contribution in [0.3, 0.4) is 0 Å². The third-order valence-corrected chi connectivity index (χ3v) is 5.47. The first-order chi connectivity index (χ1) is 13.5. The van der Waals surface area contributed by atoms with E-state index in [1.807, 2.05) is 30.3 Å². The minimum atomic E-state index is -1.50. The Labute approximate surface area is 160 Å². The van der Waals surface area contributed by atoms with Gasteiger partial charge in [-0.15, -0.1) is 0 Å². The molecule has 0 aliphatic carbocycles. The molecule has 0 saturated carbocycles. The Kier molecular flexibility index (Phi) is 4.47. The van der Waals surface area contributed by atoms with Gasteiger partial charge in [-0.05, 0) is 23.3 Å². The van der Waals surface area contributed by atoms with E-state index in [0.29, 0.717) is 5.56 Å². The highest BCUT2D eigenvalue weighted by atomic mass is 19.1. The SMILES string of the molecule is COC(=O)[C@@]1(Cc2ccccc2)N[C@@H](c2cccc(F)c2)[C@H]2C(=O)OC(=O)[C@H]21. The van der Waals surface area contributed by atoms with Crippen molar-refractivity contribution in [2.45, 2.75) is 18.0 Å². The highest BCUT2D eigenvalue weighted by molar-refractivity contribution is 6.03. The molecule has 7 heteroatoms. The Morgan fingerprint density at radius 3 is 2.57 bits per heavy atom. The lowest BCUT2D eigenvalue weighted by atomic mass is 9.76. The van der Waals surface area contributed by atoms with E-state index < -0.39 is 47.1 Å². The van der Waals surface area contributed by atoms with Crippen LogP contribution in [0.5, 0.6) is 0 Å². The summed E-state index contributed by atoms with van der Waals surface area (Å²) in [5, 5.41) is 3.15. The molecule has 2 aromatic carbocycles. The Morgan fingerprint density at radius 1 is 1.14 bits per heavy atom. The van der Waals surface area contributed by atoms with Crippen LogP contribution < -0.4 is 5.32 Å². The van der Waals surface area contributed by atoms with Gasteiger partial charge in [0.05, 0.1) is 13.0 Å². The van der Waals surface area contributed by atoms with Gasteiger partial charge in [0.1, 0.15) is 17.3 Å². The molecule has 2 aliphatic rings. The number of halogens is 1. The van der Waals surface area contributed by atoms with Gasteiger partial charge in [-0.3, -0.25) is 19.7 Å². The van der Waals surface area contributed by atoms with E-state index in [-0.39, 0.29) is 6.42 Å². The second-order valence-electron chi connectivity index (χ2n) is 7.05. The summed E-state index contributed by atoms with van der Waals surface area (Å²) in [6, 6.07) is 14.1. The number of benzene rings is 2. The van der Waals surface area contributed by atoms with Crippen LogP contribution in [0.15, 0.2) is 54.6 Å². The molecule has 2 fully saturated rings. The zero-order valence-corrected chi connectivity index (χ0v) is 15.1. The molecule has 0 spiro atoms. The normalized spacial score (nSPS) is 28.7. The smallest absolute Gasteiger partial charge is 0.327 e. The highest BCUT2D eigenvalue weighted by Gasteiger charge is 2.68. The topological polar surface area (TPSA) is 81.7 Å². The van der Waals surface area contributed by atoms with E-state index in [0.717, 1.165) is 5.56 Å². The van der Waals surface area contributed by atoms with Crippen LogP contribution in [0.4, 0.5) is 4.39 Å². The van der Waals surface area contributed by atoms with Crippen molar-refractivity contribution in [3.63, 3.8) is 0 Å². The minimum absolute atomic E-state index is 0.121. The molecule has 2 saturated heterocycles. The van der Waals surface area contributed by atoms with Gasteiger partial charge in [-0.2, -0.15) is 0 Å². The Hall–Kier alpha value is -3.06. The molecule has 0 bridgehead atoms. The molecule has 1 N–H and O–H groups in total. The maximum absolute atomic E-state index is 13.8. The van der Waals surface area contributed by atoms with Crippen molar-refractivity contribution in [3.05, 3.63) is 71.5 Å². The standard InChI is InChI=1S/C21H18FNO5/c1-27-20(26)21(11-12-6-3-2-4-7-12)16-15(18(24)28-19(16)25)17(23-21)13-8-5-9-14(22)10-13/h2-10,15-17,23H,11H2,1H3/t15-,16-,17-,21-/m0/s1. The van der Waals surface area contributed by atoms with E-state index in [2.05, 4.69) is 5.32 Å². The van der Waals surface area contributed by atoms with Crippen LogP contribution in [0, 0.1) is 17.7 Å². The summed E-state index contributed by atoms with van der Waals surface area (Å²) in [5.74, 6) is -4.67. The number of carbonyl (C=O) groups excluding carboxylic acids is 3. The molecular formula is C21H18FNO5.